The van der Waals surface area contributed by atoms with Gasteiger partial charge in [0.1, 0.15) is 0 Å². The monoisotopic (exact) mass is 264 g/mol. The van der Waals surface area contributed by atoms with Gasteiger partial charge in [-0.05, 0) is 32.1 Å². The second kappa shape index (κ2) is 16.8. The predicted molar refractivity (Wildman–Crippen MR) is 66.0 cm³/mol. The largest absolute Gasteiger partial charge is 1.00 e. The first kappa shape index (κ1) is 20.2. The third-order valence-corrected chi connectivity index (χ3v) is 2.64. The maximum atomic E-state index is 10.1. The molecule has 0 saturated heterocycles. The summed E-state index contributed by atoms with van der Waals surface area (Å²) in [4.78, 5) is 10.1. The SMILES string of the molecule is CCCC/C=C\CCCCCCCC(=O)[O-].[K+]. The number of rotatable bonds is 11. The number of aliphatic carboxylic acids is 1. The average Bonchev–Trinajstić information content (AvgIpc) is 2.25. The number of carboxylic acid groups (broad SMARTS) is 1. The summed E-state index contributed by atoms with van der Waals surface area (Å²) >= 11 is 0. The van der Waals surface area contributed by atoms with Crippen LogP contribution in [0.5, 0.6) is 0 Å². The number of hydrogen-bond acceptors (Lipinski definition) is 2. The van der Waals surface area contributed by atoms with Crippen molar-refractivity contribution < 1.29 is 61.3 Å². The van der Waals surface area contributed by atoms with Crippen LogP contribution in [-0.2, 0) is 4.79 Å². The first-order valence-corrected chi connectivity index (χ1v) is 6.62. The van der Waals surface area contributed by atoms with E-state index in [1.807, 2.05) is 0 Å². The van der Waals surface area contributed by atoms with Gasteiger partial charge in [-0.1, -0.05) is 51.2 Å². The maximum absolute atomic E-state index is 10.1. The van der Waals surface area contributed by atoms with Crippen LogP contribution in [-0.4, -0.2) is 5.97 Å². The predicted octanol–water partition coefficient (Wildman–Crippen LogP) is 0.217. The topological polar surface area (TPSA) is 40.1 Å². The van der Waals surface area contributed by atoms with Crippen LogP contribution in [0.15, 0.2) is 12.2 Å². The molecular formula is C14H25KO2. The van der Waals surface area contributed by atoms with E-state index in [1.165, 1.54) is 38.5 Å². The number of carboxylic acids is 1. The van der Waals surface area contributed by atoms with E-state index < -0.39 is 5.97 Å². The third-order valence-electron chi connectivity index (χ3n) is 2.64. The van der Waals surface area contributed by atoms with Crippen LogP contribution >= 0.6 is 0 Å². The summed E-state index contributed by atoms with van der Waals surface area (Å²) in [6.07, 6.45) is 15.1. The Kier molecular flexibility index (Phi) is 20.0. The van der Waals surface area contributed by atoms with Gasteiger partial charge in [-0.15, -0.1) is 0 Å². The number of carbonyl (C=O) groups is 1. The van der Waals surface area contributed by atoms with Gasteiger partial charge in [0.15, 0.2) is 0 Å². The maximum Gasteiger partial charge on any atom is 1.00 e. The molecule has 0 radical (unpaired) electrons. The Balaban J connectivity index is 0. The average molecular weight is 264 g/mol. The molecule has 0 aliphatic carbocycles. The number of allylic oxidation sites excluding steroid dienone is 2. The van der Waals surface area contributed by atoms with Crippen LogP contribution < -0.4 is 56.5 Å². The molecular weight excluding hydrogens is 239 g/mol. The molecule has 0 atom stereocenters. The third kappa shape index (κ3) is 19.4. The van der Waals surface area contributed by atoms with Crippen molar-refractivity contribution in [3.8, 4) is 0 Å². The fourth-order valence-corrected chi connectivity index (χ4v) is 1.62. The Bertz CT molecular complexity index is 191. The van der Waals surface area contributed by atoms with E-state index in [4.69, 9.17) is 0 Å². The van der Waals surface area contributed by atoms with Crippen molar-refractivity contribution >= 4 is 5.97 Å². The van der Waals surface area contributed by atoms with Crippen LogP contribution in [0, 0.1) is 0 Å². The van der Waals surface area contributed by atoms with E-state index in [9.17, 15) is 9.90 Å². The minimum atomic E-state index is -0.918. The Labute approximate surface area is 149 Å². The van der Waals surface area contributed by atoms with Crippen LogP contribution in [0.4, 0.5) is 0 Å². The molecule has 17 heavy (non-hydrogen) atoms. The summed E-state index contributed by atoms with van der Waals surface area (Å²) in [5.74, 6) is -0.918. The van der Waals surface area contributed by atoms with Crippen LogP contribution in [0.2, 0.25) is 0 Å². The first-order chi connectivity index (χ1) is 7.77. The van der Waals surface area contributed by atoms with E-state index >= 15 is 0 Å². The molecule has 0 amide bonds. The van der Waals surface area contributed by atoms with Crippen molar-refractivity contribution in [2.24, 2.45) is 0 Å². The standard InChI is InChI=1S/C14H26O2.K/c1-2-3-4-5-6-7-8-9-10-11-12-13-14(15)16;/h5-6H,2-4,7-13H2,1H3,(H,15,16);/q;+1/p-1/b6-5-;. The van der Waals surface area contributed by atoms with E-state index in [2.05, 4.69) is 19.1 Å². The normalized spacial score (nSPS) is 10.4. The summed E-state index contributed by atoms with van der Waals surface area (Å²) < 4.78 is 0. The van der Waals surface area contributed by atoms with Gasteiger partial charge in [0, 0.05) is 5.97 Å². The van der Waals surface area contributed by atoms with Crippen molar-refractivity contribution in [2.75, 3.05) is 0 Å². The second-order valence-electron chi connectivity index (χ2n) is 4.29. The summed E-state index contributed by atoms with van der Waals surface area (Å²) in [5.41, 5.74) is 0. The molecule has 0 saturated carbocycles. The molecule has 0 spiro atoms. The van der Waals surface area contributed by atoms with Gasteiger partial charge < -0.3 is 9.90 Å². The van der Waals surface area contributed by atoms with Gasteiger partial charge in [0.2, 0.25) is 0 Å². The van der Waals surface area contributed by atoms with E-state index in [0.29, 0.717) is 0 Å². The molecule has 0 aromatic rings. The molecule has 0 aliphatic heterocycles. The minimum Gasteiger partial charge on any atom is -0.550 e. The van der Waals surface area contributed by atoms with Gasteiger partial charge in [-0.2, -0.15) is 0 Å². The quantitative estimate of drug-likeness (QED) is 0.304. The fraction of sp³-hybridized carbons (Fsp3) is 0.786. The Hall–Kier alpha value is 0.846. The molecule has 0 rings (SSSR count). The minimum absolute atomic E-state index is 0. The number of hydrogen-bond donors (Lipinski definition) is 0. The van der Waals surface area contributed by atoms with Gasteiger partial charge in [-0.3, -0.25) is 0 Å². The van der Waals surface area contributed by atoms with Gasteiger partial charge in [0.05, 0.1) is 0 Å². The number of unbranched alkanes of at least 4 members (excludes halogenated alkanes) is 7. The summed E-state index contributed by atoms with van der Waals surface area (Å²) in [6, 6.07) is 0. The second-order valence-corrected chi connectivity index (χ2v) is 4.29. The van der Waals surface area contributed by atoms with Crippen molar-refractivity contribution in [3.63, 3.8) is 0 Å². The molecule has 0 aromatic carbocycles. The zero-order valence-corrected chi connectivity index (χ0v) is 14.7. The Morgan fingerprint density at radius 3 is 2.06 bits per heavy atom. The molecule has 0 fully saturated rings. The smallest absolute Gasteiger partial charge is 0.550 e. The van der Waals surface area contributed by atoms with Crippen molar-refractivity contribution in [2.45, 2.75) is 71.1 Å². The van der Waals surface area contributed by atoms with E-state index in [1.54, 1.807) is 0 Å². The van der Waals surface area contributed by atoms with Gasteiger partial charge in [0.25, 0.3) is 0 Å². The van der Waals surface area contributed by atoms with E-state index in [0.717, 1.165) is 19.3 Å². The molecule has 0 aromatic heterocycles. The Morgan fingerprint density at radius 2 is 1.47 bits per heavy atom. The molecule has 3 heteroatoms. The Morgan fingerprint density at radius 1 is 0.941 bits per heavy atom. The van der Waals surface area contributed by atoms with E-state index in [-0.39, 0.29) is 57.8 Å². The molecule has 94 valence electrons. The summed E-state index contributed by atoms with van der Waals surface area (Å²) in [6.45, 7) is 2.21. The molecule has 0 unspecified atom stereocenters. The molecule has 0 aliphatic rings. The zero-order chi connectivity index (χ0) is 12.1. The first-order valence-electron chi connectivity index (χ1n) is 6.62. The van der Waals surface area contributed by atoms with Gasteiger partial charge in [-0.25, -0.2) is 0 Å². The van der Waals surface area contributed by atoms with Crippen molar-refractivity contribution in [3.05, 3.63) is 12.2 Å². The van der Waals surface area contributed by atoms with Crippen molar-refractivity contribution in [1.29, 1.82) is 0 Å². The molecule has 0 bridgehead atoms. The zero-order valence-electron chi connectivity index (χ0n) is 11.5. The number of carbonyl (C=O) groups excluding carboxylic acids is 1. The van der Waals surface area contributed by atoms with Gasteiger partial charge >= 0.3 is 51.4 Å². The van der Waals surface area contributed by atoms with Crippen LogP contribution in [0.3, 0.4) is 0 Å². The summed E-state index contributed by atoms with van der Waals surface area (Å²) in [7, 11) is 0. The molecule has 0 N–H and O–H groups in total. The van der Waals surface area contributed by atoms with Crippen LogP contribution in [0.1, 0.15) is 71.1 Å². The fourth-order valence-electron chi connectivity index (χ4n) is 1.62. The molecule has 2 nitrogen and oxygen atoms in total. The van der Waals surface area contributed by atoms with Crippen LogP contribution in [0.25, 0.3) is 0 Å². The summed E-state index contributed by atoms with van der Waals surface area (Å²) in [5, 5.41) is 10.1. The molecule has 0 heterocycles. The van der Waals surface area contributed by atoms with Crippen molar-refractivity contribution in [1.82, 2.24) is 0 Å².